The van der Waals surface area contributed by atoms with Crippen LogP contribution in [0.25, 0.3) is 0 Å². The average Bonchev–Trinajstić information content (AvgIpc) is 2.57. The predicted molar refractivity (Wildman–Crippen MR) is 69.3 cm³/mol. The van der Waals surface area contributed by atoms with Crippen molar-refractivity contribution in [1.82, 2.24) is 10.2 Å². The molecule has 1 aliphatic rings. The van der Waals surface area contributed by atoms with E-state index in [1.54, 1.807) is 4.90 Å². The fourth-order valence-electron chi connectivity index (χ4n) is 2.23. The van der Waals surface area contributed by atoms with Crippen LogP contribution in [0, 0.1) is 17.8 Å². The summed E-state index contributed by atoms with van der Waals surface area (Å²) in [6.45, 7) is 9.54. The van der Waals surface area contributed by atoms with Gasteiger partial charge >= 0.3 is 12.0 Å². The molecule has 0 saturated carbocycles. The first kappa shape index (κ1) is 14.8. The zero-order valence-electron chi connectivity index (χ0n) is 11.6. The highest BCUT2D eigenvalue weighted by atomic mass is 16.4. The number of urea groups is 1. The minimum atomic E-state index is -0.961. The molecule has 1 saturated heterocycles. The standard InChI is InChI=1S/C13H24N2O3/c1-8(2)5-11(12(16)17)14-13(18)15-6-9(3)10(4)7-15/h8-11H,5-7H2,1-4H3,(H,14,18)(H,16,17)/t9?,10?,11-/m1/s1. The molecule has 0 spiro atoms. The lowest BCUT2D eigenvalue weighted by Crippen LogP contribution is -2.47. The van der Waals surface area contributed by atoms with Crippen molar-refractivity contribution in [3.05, 3.63) is 0 Å². The van der Waals surface area contributed by atoms with Gasteiger partial charge in [-0.05, 0) is 24.2 Å². The van der Waals surface area contributed by atoms with Gasteiger partial charge in [0.2, 0.25) is 0 Å². The van der Waals surface area contributed by atoms with Crippen molar-refractivity contribution in [2.45, 2.75) is 40.2 Å². The number of amides is 2. The summed E-state index contributed by atoms with van der Waals surface area (Å²) < 4.78 is 0. The molecule has 1 aliphatic heterocycles. The first-order valence-electron chi connectivity index (χ1n) is 6.59. The lowest BCUT2D eigenvalue weighted by molar-refractivity contribution is -0.139. The molecule has 0 aliphatic carbocycles. The van der Waals surface area contributed by atoms with Crippen LogP contribution >= 0.6 is 0 Å². The highest BCUT2D eigenvalue weighted by Crippen LogP contribution is 2.22. The maximum Gasteiger partial charge on any atom is 0.326 e. The van der Waals surface area contributed by atoms with Crippen molar-refractivity contribution in [2.24, 2.45) is 17.8 Å². The predicted octanol–water partition coefficient (Wildman–Crippen LogP) is 1.78. The molecule has 1 fully saturated rings. The summed E-state index contributed by atoms with van der Waals surface area (Å²) in [5, 5.41) is 11.7. The van der Waals surface area contributed by atoms with Gasteiger partial charge in [-0.1, -0.05) is 27.7 Å². The zero-order valence-corrected chi connectivity index (χ0v) is 11.6. The number of likely N-dealkylation sites (tertiary alicyclic amines) is 1. The summed E-state index contributed by atoms with van der Waals surface area (Å²) in [6.07, 6.45) is 0.458. The van der Waals surface area contributed by atoms with E-state index in [-0.39, 0.29) is 11.9 Å². The molecule has 18 heavy (non-hydrogen) atoms. The maximum absolute atomic E-state index is 12.0. The van der Waals surface area contributed by atoms with Crippen LogP contribution in [-0.2, 0) is 4.79 Å². The van der Waals surface area contributed by atoms with Gasteiger partial charge in [-0.2, -0.15) is 0 Å². The van der Waals surface area contributed by atoms with Gasteiger partial charge in [0.1, 0.15) is 6.04 Å². The molecule has 0 radical (unpaired) electrons. The average molecular weight is 256 g/mol. The second-order valence-corrected chi connectivity index (χ2v) is 5.83. The number of nitrogens with zero attached hydrogens (tertiary/aromatic N) is 1. The zero-order chi connectivity index (χ0) is 13.9. The maximum atomic E-state index is 12.0. The van der Waals surface area contributed by atoms with Crippen molar-refractivity contribution >= 4 is 12.0 Å². The highest BCUT2D eigenvalue weighted by Gasteiger charge is 2.31. The Hall–Kier alpha value is -1.26. The van der Waals surface area contributed by atoms with E-state index in [1.165, 1.54) is 0 Å². The second-order valence-electron chi connectivity index (χ2n) is 5.83. The van der Waals surface area contributed by atoms with Crippen LogP contribution in [-0.4, -0.2) is 41.1 Å². The number of carboxylic acid groups (broad SMARTS) is 1. The number of rotatable bonds is 4. The molecule has 2 amide bonds. The van der Waals surface area contributed by atoms with Gasteiger partial charge in [0.15, 0.2) is 0 Å². The second kappa shape index (κ2) is 6.07. The number of hydrogen-bond acceptors (Lipinski definition) is 2. The van der Waals surface area contributed by atoms with Crippen LogP contribution in [0.5, 0.6) is 0 Å². The Morgan fingerprint density at radius 2 is 1.78 bits per heavy atom. The molecule has 3 atom stereocenters. The SMILES string of the molecule is CC(C)C[C@@H](NC(=O)N1CC(C)C(C)C1)C(=O)O. The third-order valence-corrected chi connectivity index (χ3v) is 3.58. The van der Waals surface area contributed by atoms with Crippen LogP contribution < -0.4 is 5.32 Å². The fourth-order valence-corrected chi connectivity index (χ4v) is 2.23. The first-order valence-corrected chi connectivity index (χ1v) is 6.59. The molecule has 5 heteroatoms. The van der Waals surface area contributed by atoms with Crippen LogP contribution in [0.15, 0.2) is 0 Å². The monoisotopic (exact) mass is 256 g/mol. The van der Waals surface area contributed by atoms with Crippen molar-refractivity contribution in [2.75, 3.05) is 13.1 Å². The number of hydrogen-bond donors (Lipinski definition) is 2. The summed E-state index contributed by atoms with van der Waals surface area (Å²) in [6, 6.07) is -1.04. The number of carbonyl (C=O) groups is 2. The normalized spacial score (nSPS) is 25.3. The number of nitrogens with one attached hydrogen (secondary N) is 1. The molecular weight excluding hydrogens is 232 g/mol. The first-order chi connectivity index (χ1) is 8.31. The third kappa shape index (κ3) is 3.89. The van der Waals surface area contributed by atoms with Crippen molar-refractivity contribution < 1.29 is 14.7 Å². The minimum Gasteiger partial charge on any atom is -0.480 e. The largest absolute Gasteiger partial charge is 0.480 e. The molecule has 0 aromatic heterocycles. The van der Waals surface area contributed by atoms with E-state index in [4.69, 9.17) is 5.11 Å². The quantitative estimate of drug-likeness (QED) is 0.805. The van der Waals surface area contributed by atoms with E-state index in [1.807, 2.05) is 13.8 Å². The number of carboxylic acids is 1. The van der Waals surface area contributed by atoms with E-state index < -0.39 is 12.0 Å². The van der Waals surface area contributed by atoms with Crippen molar-refractivity contribution in [1.29, 1.82) is 0 Å². The summed E-state index contributed by atoms with van der Waals surface area (Å²) in [4.78, 5) is 24.8. The highest BCUT2D eigenvalue weighted by molar-refractivity contribution is 5.82. The lowest BCUT2D eigenvalue weighted by atomic mass is 10.0. The smallest absolute Gasteiger partial charge is 0.326 e. The van der Waals surface area contributed by atoms with Crippen LogP contribution in [0.4, 0.5) is 4.79 Å². The molecule has 0 aromatic carbocycles. The van der Waals surface area contributed by atoms with Gasteiger partial charge in [0.25, 0.3) is 0 Å². The molecule has 2 N–H and O–H groups in total. The summed E-state index contributed by atoms with van der Waals surface area (Å²) in [7, 11) is 0. The lowest BCUT2D eigenvalue weighted by Gasteiger charge is -2.22. The molecule has 104 valence electrons. The Labute approximate surface area is 109 Å². The Bertz CT molecular complexity index is 307. The van der Waals surface area contributed by atoms with E-state index in [0.717, 1.165) is 0 Å². The third-order valence-electron chi connectivity index (χ3n) is 3.58. The molecule has 1 rings (SSSR count). The number of carbonyl (C=O) groups excluding carboxylic acids is 1. The van der Waals surface area contributed by atoms with Crippen LogP contribution in [0.2, 0.25) is 0 Å². The fraction of sp³-hybridized carbons (Fsp3) is 0.846. The Balaban J connectivity index is 2.54. The van der Waals surface area contributed by atoms with Gasteiger partial charge in [0, 0.05) is 13.1 Å². The topological polar surface area (TPSA) is 69.6 Å². The molecule has 0 aromatic rings. The molecule has 0 bridgehead atoms. The molecular formula is C13H24N2O3. The van der Waals surface area contributed by atoms with Crippen molar-refractivity contribution in [3.63, 3.8) is 0 Å². The van der Waals surface area contributed by atoms with E-state index >= 15 is 0 Å². The Kier molecular flexibility index (Phi) is 4.99. The van der Waals surface area contributed by atoms with E-state index in [0.29, 0.717) is 31.3 Å². The van der Waals surface area contributed by atoms with E-state index in [2.05, 4.69) is 19.2 Å². The summed E-state index contributed by atoms with van der Waals surface area (Å²) in [5.41, 5.74) is 0. The van der Waals surface area contributed by atoms with Gasteiger partial charge in [-0.3, -0.25) is 0 Å². The summed E-state index contributed by atoms with van der Waals surface area (Å²) >= 11 is 0. The van der Waals surface area contributed by atoms with Gasteiger partial charge in [0.05, 0.1) is 0 Å². The van der Waals surface area contributed by atoms with Gasteiger partial charge in [-0.15, -0.1) is 0 Å². The van der Waals surface area contributed by atoms with Crippen LogP contribution in [0.1, 0.15) is 34.1 Å². The Morgan fingerprint density at radius 1 is 1.28 bits per heavy atom. The van der Waals surface area contributed by atoms with Crippen LogP contribution in [0.3, 0.4) is 0 Å². The number of aliphatic carboxylic acids is 1. The van der Waals surface area contributed by atoms with Crippen molar-refractivity contribution in [3.8, 4) is 0 Å². The van der Waals surface area contributed by atoms with Gasteiger partial charge in [-0.25, -0.2) is 9.59 Å². The van der Waals surface area contributed by atoms with E-state index in [9.17, 15) is 9.59 Å². The Morgan fingerprint density at radius 3 is 2.17 bits per heavy atom. The van der Waals surface area contributed by atoms with Gasteiger partial charge < -0.3 is 15.3 Å². The summed E-state index contributed by atoms with van der Waals surface area (Å²) in [5.74, 6) is 0.230. The molecule has 5 nitrogen and oxygen atoms in total. The molecule has 2 unspecified atom stereocenters. The molecule has 1 heterocycles. The minimum absolute atomic E-state index is 0.239.